The topological polar surface area (TPSA) is 86.1 Å². The van der Waals surface area contributed by atoms with E-state index in [1.165, 1.54) is 0 Å². The van der Waals surface area contributed by atoms with Crippen LogP contribution < -0.4 is 10.7 Å². The molecule has 6 nitrogen and oxygen atoms in total. The Kier molecular flexibility index (Phi) is 5.87. The Balaban J connectivity index is 2.05. The van der Waals surface area contributed by atoms with Crippen LogP contribution in [0, 0.1) is 0 Å². The molecule has 2 aromatic rings. The Labute approximate surface area is 142 Å². The number of oxime groups is 1. The van der Waals surface area contributed by atoms with E-state index in [0.717, 1.165) is 10.2 Å². The van der Waals surface area contributed by atoms with Crippen LogP contribution in [0.5, 0.6) is 0 Å². The zero-order valence-electron chi connectivity index (χ0n) is 12.3. The minimum absolute atomic E-state index is 0.168. The van der Waals surface area contributed by atoms with Gasteiger partial charge in [0, 0.05) is 10.2 Å². The van der Waals surface area contributed by atoms with E-state index in [4.69, 9.17) is 5.21 Å². The molecule has 0 aliphatic carbocycles. The number of para-hydroxylation sites is 1. The minimum atomic E-state index is -0.544. The smallest absolute Gasteiger partial charge is 0.279 e. The standard InChI is InChI=1S/C16H15BrN4O2/c1-11(19-20-14-9-7-12(17)8-10-14)15(21-23)16(22)18-13-5-3-2-4-6-13/h2-10,20,23H,1H3,(H,18,22)/b19-11-,21-15+. The summed E-state index contributed by atoms with van der Waals surface area (Å²) in [5.41, 5.74) is 4.23. The molecule has 23 heavy (non-hydrogen) atoms. The molecule has 2 aromatic carbocycles. The molecule has 0 aliphatic heterocycles. The fourth-order valence-electron chi connectivity index (χ4n) is 1.72. The van der Waals surface area contributed by atoms with E-state index in [-0.39, 0.29) is 11.4 Å². The van der Waals surface area contributed by atoms with Gasteiger partial charge in [0.05, 0.1) is 11.4 Å². The molecular weight excluding hydrogens is 360 g/mol. The Morgan fingerprint density at radius 2 is 1.70 bits per heavy atom. The van der Waals surface area contributed by atoms with Crippen LogP contribution in [0.2, 0.25) is 0 Å². The lowest BCUT2D eigenvalue weighted by molar-refractivity contribution is -0.110. The number of nitrogens with one attached hydrogen (secondary N) is 2. The summed E-state index contributed by atoms with van der Waals surface area (Å²) in [6.07, 6.45) is 0. The first-order valence-corrected chi connectivity index (χ1v) is 7.54. The van der Waals surface area contributed by atoms with Crippen molar-refractivity contribution >= 4 is 44.6 Å². The highest BCUT2D eigenvalue weighted by Gasteiger charge is 2.16. The molecule has 2 rings (SSSR count). The zero-order valence-corrected chi connectivity index (χ0v) is 13.9. The number of rotatable bonds is 5. The molecule has 0 unspecified atom stereocenters. The number of amides is 1. The second-order valence-corrected chi connectivity index (χ2v) is 5.50. The van der Waals surface area contributed by atoms with Gasteiger partial charge in [0.15, 0.2) is 5.71 Å². The number of hydrazone groups is 1. The van der Waals surface area contributed by atoms with E-state index >= 15 is 0 Å². The van der Waals surface area contributed by atoms with Crippen LogP contribution in [-0.2, 0) is 4.79 Å². The van der Waals surface area contributed by atoms with Gasteiger partial charge in [-0.2, -0.15) is 5.10 Å². The van der Waals surface area contributed by atoms with Gasteiger partial charge in [-0.1, -0.05) is 39.3 Å². The van der Waals surface area contributed by atoms with Gasteiger partial charge in [0.1, 0.15) is 0 Å². The van der Waals surface area contributed by atoms with E-state index in [2.05, 4.69) is 36.9 Å². The summed E-state index contributed by atoms with van der Waals surface area (Å²) in [4.78, 5) is 12.1. The number of nitrogens with zero attached hydrogens (tertiary/aromatic N) is 2. The predicted octanol–water partition coefficient (Wildman–Crippen LogP) is 3.71. The van der Waals surface area contributed by atoms with Gasteiger partial charge in [0.25, 0.3) is 5.91 Å². The summed E-state index contributed by atoms with van der Waals surface area (Å²) in [7, 11) is 0. The van der Waals surface area contributed by atoms with Crippen molar-refractivity contribution in [2.45, 2.75) is 6.92 Å². The number of halogens is 1. The molecular formula is C16H15BrN4O2. The molecule has 0 aliphatic rings. The summed E-state index contributed by atoms with van der Waals surface area (Å²) >= 11 is 3.34. The second kappa shape index (κ2) is 8.09. The van der Waals surface area contributed by atoms with Crippen LogP contribution in [0.4, 0.5) is 11.4 Å². The average molecular weight is 375 g/mol. The fraction of sp³-hybridized carbons (Fsp3) is 0.0625. The van der Waals surface area contributed by atoms with Gasteiger partial charge in [-0.25, -0.2) is 0 Å². The van der Waals surface area contributed by atoms with E-state index < -0.39 is 5.91 Å². The monoisotopic (exact) mass is 374 g/mol. The van der Waals surface area contributed by atoms with E-state index in [1.54, 1.807) is 31.2 Å². The third-order valence-corrected chi connectivity index (χ3v) is 3.42. The highest BCUT2D eigenvalue weighted by atomic mass is 79.9. The largest absolute Gasteiger partial charge is 0.410 e. The number of benzene rings is 2. The Morgan fingerprint density at radius 1 is 1.04 bits per heavy atom. The second-order valence-electron chi connectivity index (χ2n) is 4.58. The molecule has 0 bridgehead atoms. The van der Waals surface area contributed by atoms with Crippen LogP contribution >= 0.6 is 15.9 Å². The van der Waals surface area contributed by atoms with Crippen LogP contribution in [0.3, 0.4) is 0 Å². The Hall–Kier alpha value is -2.67. The lowest BCUT2D eigenvalue weighted by Gasteiger charge is -2.07. The number of carbonyl (C=O) groups excluding carboxylic acids is 1. The SMILES string of the molecule is CC(=N/Nc1ccc(Br)cc1)/C(=N\O)C(=O)Nc1ccccc1. The predicted molar refractivity (Wildman–Crippen MR) is 95.2 cm³/mol. The van der Waals surface area contributed by atoms with Crippen LogP contribution in [-0.4, -0.2) is 22.5 Å². The van der Waals surface area contributed by atoms with Gasteiger partial charge >= 0.3 is 0 Å². The summed E-state index contributed by atoms with van der Waals surface area (Å²) in [6.45, 7) is 1.57. The Morgan fingerprint density at radius 3 is 2.30 bits per heavy atom. The normalized spacial score (nSPS) is 11.9. The molecule has 1 amide bonds. The Bertz CT molecular complexity index is 728. The fourth-order valence-corrected chi connectivity index (χ4v) is 1.98. The van der Waals surface area contributed by atoms with Crippen molar-refractivity contribution < 1.29 is 10.0 Å². The zero-order chi connectivity index (χ0) is 16.7. The van der Waals surface area contributed by atoms with Crippen molar-refractivity contribution in [1.29, 1.82) is 0 Å². The van der Waals surface area contributed by atoms with Gasteiger partial charge in [-0.3, -0.25) is 10.2 Å². The van der Waals surface area contributed by atoms with Crippen LogP contribution in [0.15, 0.2) is 69.3 Å². The van der Waals surface area contributed by atoms with E-state index in [0.29, 0.717) is 5.69 Å². The maximum atomic E-state index is 12.1. The van der Waals surface area contributed by atoms with Crippen molar-refractivity contribution in [2.75, 3.05) is 10.7 Å². The summed E-state index contributed by atoms with van der Waals surface area (Å²) in [5.74, 6) is -0.544. The number of hydrogen-bond donors (Lipinski definition) is 3. The first kappa shape index (κ1) is 16.7. The third kappa shape index (κ3) is 4.93. The number of anilines is 2. The number of carbonyl (C=O) groups is 1. The highest BCUT2D eigenvalue weighted by molar-refractivity contribution is 9.10. The van der Waals surface area contributed by atoms with Crippen molar-refractivity contribution in [1.82, 2.24) is 0 Å². The molecule has 0 fully saturated rings. The molecule has 3 N–H and O–H groups in total. The molecule has 118 valence electrons. The number of hydrogen-bond acceptors (Lipinski definition) is 5. The average Bonchev–Trinajstić information content (AvgIpc) is 2.56. The van der Waals surface area contributed by atoms with Gasteiger partial charge in [0.2, 0.25) is 0 Å². The molecule has 0 atom stereocenters. The summed E-state index contributed by atoms with van der Waals surface area (Å²) in [6, 6.07) is 16.3. The molecule has 0 saturated carbocycles. The van der Waals surface area contributed by atoms with Crippen LogP contribution in [0.1, 0.15) is 6.92 Å². The van der Waals surface area contributed by atoms with Crippen molar-refractivity contribution in [3.63, 3.8) is 0 Å². The lowest BCUT2D eigenvalue weighted by Crippen LogP contribution is -2.29. The van der Waals surface area contributed by atoms with Gasteiger partial charge < -0.3 is 10.5 Å². The van der Waals surface area contributed by atoms with Gasteiger partial charge in [-0.15, -0.1) is 0 Å². The lowest BCUT2D eigenvalue weighted by atomic mass is 10.2. The highest BCUT2D eigenvalue weighted by Crippen LogP contribution is 2.14. The first-order chi connectivity index (χ1) is 11.1. The van der Waals surface area contributed by atoms with Crippen molar-refractivity contribution in [3.05, 3.63) is 59.1 Å². The summed E-state index contributed by atoms with van der Waals surface area (Å²) < 4.78 is 0.948. The molecule has 0 saturated heterocycles. The third-order valence-electron chi connectivity index (χ3n) is 2.89. The minimum Gasteiger partial charge on any atom is -0.410 e. The maximum absolute atomic E-state index is 12.1. The molecule has 0 spiro atoms. The molecule has 0 radical (unpaired) electrons. The van der Waals surface area contributed by atoms with Crippen molar-refractivity contribution in [3.8, 4) is 0 Å². The molecule has 0 aromatic heterocycles. The van der Waals surface area contributed by atoms with Crippen molar-refractivity contribution in [2.24, 2.45) is 10.3 Å². The van der Waals surface area contributed by atoms with E-state index in [9.17, 15) is 4.79 Å². The van der Waals surface area contributed by atoms with Crippen LogP contribution in [0.25, 0.3) is 0 Å². The quantitative estimate of drug-likeness (QED) is 0.423. The van der Waals surface area contributed by atoms with E-state index in [1.807, 2.05) is 30.3 Å². The maximum Gasteiger partial charge on any atom is 0.279 e. The first-order valence-electron chi connectivity index (χ1n) is 6.75. The molecule has 7 heteroatoms. The molecule has 0 heterocycles. The van der Waals surface area contributed by atoms with Gasteiger partial charge in [-0.05, 0) is 43.3 Å². The summed E-state index contributed by atoms with van der Waals surface area (Å²) in [5, 5.41) is 18.8.